The molecule has 104 valence electrons. The van der Waals surface area contributed by atoms with Crippen LogP contribution in [0.25, 0.3) is 0 Å². The van der Waals surface area contributed by atoms with Crippen molar-refractivity contribution < 1.29 is 9.26 Å². The van der Waals surface area contributed by atoms with E-state index in [0.717, 1.165) is 13.0 Å². The van der Waals surface area contributed by atoms with Crippen LogP contribution in [-0.4, -0.2) is 23.3 Å². The minimum Gasteiger partial charge on any atom is -0.367 e. The fourth-order valence-electron chi connectivity index (χ4n) is 1.65. The summed E-state index contributed by atoms with van der Waals surface area (Å²) in [6.45, 7) is 12.5. The van der Waals surface area contributed by atoms with E-state index in [1.54, 1.807) is 0 Å². The van der Waals surface area contributed by atoms with Gasteiger partial charge in [0.05, 0.1) is 6.54 Å². The van der Waals surface area contributed by atoms with Crippen LogP contribution in [0.15, 0.2) is 4.52 Å². The molecule has 1 aromatic rings. The molecule has 1 heterocycles. The average molecular weight is 255 g/mol. The van der Waals surface area contributed by atoms with Crippen LogP contribution in [0.3, 0.4) is 0 Å². The van der Waals surface area contributed by atoms with Crippen molar-refractivity contribution in [2.24, 2.45) is 5.92 Å². The second kappa shape index (κ2) is 6.85. The van der Waals surface area contributed by atoms with Crippen molar-refractivity contribution in [2.75, 3.05) is 13.2 Å². The van der Waals surface area contributed by atoms with E-state index in [1.807, 2.05) is 13.8 Å². The second-order valence-corrected chi connectivity index (χ2v) is 5.05. The van der Waals surface area contributed by atoms with Crippen LogP contribution >= 0.6 is 0 Å². The van der Waals surface area contributed by atoms with Gasteiger partial charge in [-0.25, -0.2) is 0 Å². The maximum atomic E-state index is 5.72. The van der Waals surface area contributed by atoms with Gasteiger partial charge < -0.3 is 14.6 Å². The van der Waals surface area contributed by atoms with E-state index in [-0.39, 0.29) is 0 Å². The highest BCUT2D eigenvalue weighted by molar-refractivity contribution is 4.99. The second-order valence-electron chi connectivity index (χ2n) is 5.05. The molecule has 0 saturated heterocycles. The van der Waals surface area contributed by atoms with Crippen molar-refractivity contribution in [3.8, 4) is 0 Å². The zero-order valence-corrected chi connectivity index (χ0v) is 12.1. The van der Waals surface area contributed by atoms with Gasteiger partial charge >= 0.3 is 0 Å². The Labute approximate surface area is 109 Å². The van der Waals surface area contributed by atoms with E-state index in [4.69, 9.17) is 9.26 Å². The van der Waals surface area contributed by atoms with Gasteiger partial charge in [-0.3, -0.25) is 0 Å². The van der Waals surface area contributed by atoms with Crippen LogP contribution in [0, 0.1) is 5.92 Å². The highest BCUT2D eigenvalue weighted by Crippen LogP contribution is 2.26. The zero-order chi connectivity index (χ0) is 13.6. The molecule has 0 amide bonds. The van der Waals surface area contributed by atoms with Gasteiger partial charge in [0.1, 0.15) is 5.60 Å². The third kappa shape index (κ3) is 4.07. The standard InChI is InChI=1S/C13H25N3O2/c1-6-13(5,17-7-2)12-15-11(18-16-12)9-14-8-10(3)4/h10,14H,6-9H2,1-5H3. The quantitative estimate of drug-likeness (QED) is 0.773. The number of nitrogens with zero attached hydrogens (tertiary/aromatic N) is 2. The lowest BCUT2D eigenvalue weighted by atomic mass is 10.0. The number of aromatic nitrogens is 2. The van der Waals surface area contributed by atoms with E-state index in [2.05, 4.69) is 36.2 Å². The van der Waals surface area contributed by atoms with E-state index < -0.39 is 5.60 Å². The Morgan fingerprint density at radius 1 is 1.39 bits per heavy atom. The van der Waals surface area contributed by atoms with E-state index in [9.17, 15) is 0 Å². The fourth-order valence-corrected chi connectivity index (χ4v) is 1.65. The van der Waals surface area contributed by atoms with Crippen molar-refractivity contribution in [3.63, 3.8) is 0 Å². The molecule has 1 rings (SSSR count). The molecular formula is C13H25N3O2. The van der Waals surface area contributed by atoms with Crippen molar-refractivity contribution in [3.05, 3.63) is 11.7 Å². The van der Waals surface area contributed by atoms with Crippen LogP contribution in [0.5, 0.6) is 0 Å². The highest BCUT2D eigenvalue weighted by Gasteiger charge is 2.30. The van der Waals surface area contributed by atoms with Gasteiger partial charge in [0.15, 0.2) is 0 Å². The maximum Gasteiger partial charge on any atom is 0.240 e. The third-order valence-corrected chi connectivity index (χ3v) is 2.91. The van der Waals surface area contributed by atoms with E-state index >= 15 is 0 Å². The molecule has 0 aliphatic carbocycles. The van der Waals surface area contributed by atoms with Crippen molar-refractivity contribution in [2.45, 2.75) is 53.2 Å². The lowest BCUT2D eigenvalue weighted by Gasteiger charge is -2.23. The summed E-state index contributed by atoms with van der Waals surface area (Å²) in [5.41, 5.74) is -0.450. The molecule has 0 spiro atoms. The molecule has 0 radical (unpaired) electrons. The van der Waals surface area contributed by atoms with Gasteiger partial charge in [0.2, 0.25) is 11.7 Å². The van der Waals surface area contributed by atoms with Crippen LogP contribution in [0.1, 0.15) is 52.8 Å². The van der Waals surface area contributed by atoms with E-state index in [0.29, 0.717) is 30.8 Å². The highest BCUT2D eigenvalue weighted by atomic mass is 16.5. The molecule has 0 aliphatic heterocycles. The summed E-state index contributed by atoms with van der Waals surface area (Å²) in [6, 6.07) is 0. The topological polar surface area (TPSA) is 60.2 Å². The number of hydrogen-bond acceptors (Lipinski definition) is 5. The third-order valence-electron chi connectivity index (χ3n) is 2.91. The Morgan fingerprint density at radius 3 is 2.67 bits per heavy atom. The smallest absolute Gasteiger partial charge is 0.240 e. The molecule has 1 unspecified atom stereocenters. The molecule has 0 fully saturated rings. The Morgan fingerprint density at radius 2 is 2.11 bits per heavy atom. The SMILES string of the molecule is CCOC(C)(CC)c1noc(CNCC(C)C)n1. The van der Waals surface area contributed by atoms with Crippen LogP contribution in [0.4, 0.5) is 0 Å². The molecule has 1 aromatic heterocycles. The molecule has 1 N–H and O–H groups in total. The predicted octanol–water partition coefficient (Wildman–Crippen LogP) is 2.48. The first kappa shape index (κ1) is 15.1. The summed E-state index contributed by atoms with van der Waals surface area (Å²) in [4.78, 5) is 4.40. The largest absolute Gasteiger partial charge is 0.367 e. The zero-order valence-electron chi connectivity index (χ0n) is 12.1. The summed E-state index contributed by atoms with van der Waals surface area (Å²) < 4.78 is 11.0. The van der Waals surface area contributed by atoms with Gasteiger partial charge in [0, 0.05) is 6.61 Å². The van der Waals surface area contributed by atoms with Gasteiger partial charge in [-0.05, 0) is 32.7 Å². The lowest BCUT2D eigenvalue weighted by molar-refractivity contribution is -0.0403. The number of ether oxygens (including phenoxy) is 1. The van der Waals surface area contributed by atoms with Gasteiger partial charge in [-0.2, -0.15) is 4.98 Å². The Hall–Kier alpha value is -0.940. The summed E-state index contributed by atoms with van der Waals surface area (Å²) in [6.07, 6.45) is 0.819. The lowest BCUT2D eigenvalue weighted by Crippen LogP contribution is -2.26. The molecule has 18 heavy (non-hydrogen) atoms. The van der Waals surface area contributed by atoms with Crippen molar-refractivity contribution >= 4 is 0 Å². The first-order chi connectivity index (χ1) is 8.51. The normalized spacial score (nSPS) is 15.0. The summed E-state index contributed by atoms with van der Waals surface area (Å²) in [7, 11) is 0. The van der Waals surface area contributed by atoms with Gasteiger partial charge in [-0.15, -0.1) is 0 Å². The Bertz CT molecular complexity index is 352. The molecular weight excluding hydrogens is 230 g/mol. The summed E-state index contributed by atoms with van der Waals surface area (Å²) >= 11 is 0. The van der Waals surface area contributed by atoms with Crippen molar-refractivity contribution in [1.82, 2.24) is 15.5 Å². The average Bonchev–Trinajstić information content (AvgIpc) is 2.78. The number of hydrogen-bond donors (Lipinski definition) is 1. The van der Waals surface area contributed by atoms with Crippen LogP contribution in [0.2, 0.25) is 0 Å². The molecule has 0 saturated carbocycles. The van der Waals surface area contributed by atoms with E-state index in [1.165, 1.54) is 0 Å². The fraction of sp³-hybridized carbons (Fsp3) is 0.846. The van der Waals surface area contributed by atoms with Crippen molar-refractivity contribution in [1.29, 1.82) is 0 Å². The monoisotopic (exact) mass is 255 g/mol. The predicted molar refractivity (Wildman–Crippen MR) is 70.1 cm³/mol. The molecule has 0 bridgehead atoms. The number of nitrogens with one attached hydrogen (secondary N) is 1. The minimum absolute atomic E-state index is 0.450. The van der Waals surface area contributed by atoms with Gasteiger partial charge in [0.25, 0.3) is 0 Å². The summed E-state index contributed by atoms with van der Waals surface area (Å²) in [5, 5.41) is 7.30. The molecule has 5 nitrogen and oxygen atoms in total. The maximum absolute atomic E-state index is 5.72. The Balaban J connectivity index is 2.61. The number of rotatable bonds is 8. The first-order valence-electron chi connectivity index (χ1n) is 6.69. The first-order valence-corrected chi connectivity index (χ1v) is 6.69. The van der Waals surface area contributed by atoms with Crippen LogP contribution < -0.4 is 5.32 Å². The molecule has 0 aliphatic rings. The van der Waals surface area contributed by atoms with Gasteiger partial charge in [-0.1, -0.05) is 25.9 Å². The van der Waals surface area contributed by atoms with Crippen LogP contribution in [-0.2, 0) is 16.9 Å². The Kier molecular flexibility index (Phi) is 5.75. The minimum atomic E-state index is -0.450. The molecule has 5 heteroatoms. The molecule has 0 aromatic carbocycles. The molecule has 1 atom stereocenters. The summed E-state index contributed by atoms with van der Waals surface area (Å²) in [5.74, 6) is 1.86.